The minimum absolute atomic E-state index is 0.224. The smallest absolute Gasteiger partial charge is 0.336 e. The van der Waals surface area contributed by atoms with E-state index in [-0.39, 0.29) is 17.7 Å². The van der Waals surface area contributed by atoms with Crippen LogP contribution in [0, 0.1) is 0 Å². The third-order valence-electron chi connectivity index (χ3n) is 5.85. The van der Waals surface area contributed by atoms with Crippen molar-refractivity contribution in [1.82, 2.24) is 0 Å². The maximum atomic E-state index is 11.4. The van der Waals surface area contributed by atoms with Crippen molar-refractivity contribution in [1.29, 1.82) is 0 Å². The van der Waals surface area contributed by atoms with Crippen LogP contribution in [0.5, 0.6) is 5.75 Å². The number of carboxylic acids is 2. The van der Waals surface area contributed by atoms with Gasteiger partial charge in [0.05, 0.1) is 16.7 Å². The molecule has 0 saturated heterocycles. The number of carboxylic acid groups (broad SMARTS) is 2. The summed E-state index contributed by atoms with van der Waals surface area (Å²) in [7, 11) is 0. The van der Waals surface area contributed by atoms with Gasteiger partial charge in [-0.05, 0) is 73.1 Å². The second-order valence-electron chi connectivity index (χ2n) is 7.86. The molecule has 0 aliphatic carbocycles. The van der Waals surface area contributed by atoms with E-state index in [0.717, 1.165) is 43.2 Å². The number of allylic oxidation sites excluding steroid dienone is 2. The predicted octanol–water partition coefficient (Wildman–Crippen LogP) is 5.79. The van der Waals surface area contributed by atoms with Gasteiger partial charge in [0.25, 0.3) is 0 Å². The Morgan fingerprint density at radius 1 is 0.969 bits per heavy atom. The molecule has 0 spiro atoms. The monoisotopic (exact) mass is 440 g/mol. The van der Waals surface area contributed by atoms with Gasteiger partial charge in [-0.3, -0.25) is 0 Å². The summed E-state index contributed by atoms with van der Waals surface area (Å²) in [6.07, 6.45) is 6.05. The maximum absolute atomic E-state index is 11.4. The van der Waals surface area contributed by atoms with Crippen molar-refractivity contribution in [2.45, 2.75) is 65.1 Å². The summed E-state index contributed by atoms with van der Waals surface area (Å²) in [6.45, 7) is 6.33. The highest BCUT2D eigenvalue weighted by Gasteiger charge is 2.20. The van der Waals surface area contributed by atoms with Crippen molar-refractivity contribution in [3.05, 3.63) is 70.8 Å². The zero-order valence-electron chi connectivity index (χ0n) is 18.9. The molecular weight excluding hydrogens is 408 g/mol. The topological polar surface area (TPSA) is 104 Å². The summed E-state index contributed by atoms with van der Waals surface area (Å²) >= 11 is 0. The molecule has 2 aromatic rings. The van der Waals surface area contributed by atoms with E-state index in [4.69, 9.17) is 9.84 Å². The summed E-state index contributed by atoms with van der Waals surface area (Å²) < 4.78 is 5.73. The number of carbonyl (C=O) groups is 2. The fourth-order valence-electron chi connectivity index (χ4n) is 3.59. The molecule has 172 valence electrons. The number of rotatable bonds is 12. The van der Waals surface area contributed by atoms with E-state index in [1.54, 1.807) is 0 Å². The molecule has 0 fully saturated rings. The van der Waals surface area contributed by atoms with Crippen LogP contribution in [0.15, 0.2) is 48.5 Å². The van der Waals surface area contributed by atoms with Crippen LogP contribution in [-0.2, 0) is 6.61 Å². The summed E-state index contributed by atoms with van der Waals surface area (Å²) in [6, 6.07) is 11.9. The quantitative estimate of drug-likeness (QED) is 0.386. The highest BCUT2D eigenvalue weighted by molar-refractivity contribution is 6.02. The molecule has 0 aliphatic heterocycles. The zero-order valence-corrected chi connectivity index (χ0v) is 18.9. The molecule has 0 bridgehead atoms. The number of hydrogen-bond donors (Lipinski definition) is 3. The second kappa shape index (κ2) is 11.5. The average Bonchev–Trinajstić information content (AvgIpc) is 2.80. The Labute approximate surface area is 189 Å². The van der Waals surface area contributed by atoms with Crippen molar-refractivity contribution >= 4 is 17.5 Å². The first-order valence-electron chi connectivity index (χ1n) is 11.0. The van der Waals surface area contributed by atoms with E-state index in [2.05, 4.69) is 13.0 Å². The number of benzene rings is 2. The largest absolute Gasteiger partial charge is 0.489 e. The van der Waals surface area contributed by atoms with Gasteiger partial charge in [-0.1, -0.05) is 45.0 Å². The van der Waals surface area contributed by atoms with Gasteiger partial charge >= 0.3 is 11.9 Å². The molecule has 2 aromatic carbocycles. The summed E-state index contributed by atoms with van der Waals surface area (Å²) in [5, 5.41) is 28.9. The number of aromatic carboxylic acids is 2. The standard InChI is InChI=1S/C26H32O6/c1-4-19(11-8-14-26(31,5-2)6-3)20-10-7-9-18(15-20)17-32-21-12-13-22(24(27)28)23(16-21)25(29)30/h7,9-13,15-16,31H,4-6,8,14,17H2,1-3H3,(H,27,28)(H,29,30). The lowest BCUT2D eigenvalue weighted by Gasteiger charge is -2.24. The SMILES string of the molecule is CCC(=CCCC(O)(CC)CC)c1cccc(COc2ccc(C(=O)O)c(C(=O)O)c2)c1. The normalized spacial score (nSPS) is 11.9. The Hall–Kier alpha value is -3.12. The van der Waals surface area contributed by atoms with E-state index in [9.17, 15) is 19.8 Å². The second-order valence-corrected chi connectivity index (χ2v) is 7.86. The van der Waals surface area contributed by atoms with E-state index in [0.29, 0.717) is 5.75 Å². The highest BCUT2D eigenvalue weighted by Crippen LogP contribution is 2.26. The molecule has 0 unspecified atom stereocenters. The lowest BCUT2D eigenvalue weighted by molar-refractivity contribution is 0.0246. The van der Waals surface area contributed by atoms with Gasteiger partial charge in [-0.2, -0.15) is 0 Å². The maximum Gasteiger partial charge on any atom is 0.336 e. The van der Waals surface area contributed by atoms with Gasteiger partial charge in [-0.15, -0.1) is 0 Å². The first-order valence-corrected chi connectivity index (χ1v) is 11.0. The summed E-state index contributed by atoms with van der Waals surface area (Å²) in [4.78, 5) is 22.5. The zero-order chi connectivity index (χ0) is 23.7. The minimum Gasteiger partial charge on any atom is -0.489 e. The Balaban J connectivity index is 2.12. The third kappa shape index (κ3) is 6.69. The van der Waals surface area contributed by atoms with Gasteiger partial charge < -0.3 is 20.1 Å². The van der Waals surface area contributed by atoms with E-state index in [1.165, 1.54) is 23.8 Å². The number of ether oxygens (including phenoxy) is 1. The molecule has 3 N–H and O–H groups in total. The van der Waals surface area contributed by atoms with Crippen molar-refractivity contribution in [2.75, 3.05) is 0 Å². The van der Waals surface area contributed by atoms with Gasteiger partial charge in [0.1, 0.15) is 12.4 Å². The minimum atomic E-state index is -1.31. The van der Waals surface area contributed by atoms with Crippen LogP contribution in [0.1, 0.15) is 84.7 Å². The van der Waals surface area contributed by atoms with Gasteiger partial charge in [-0.25, -0.2) is 9.59 Å². The lowest BCUT2D eigenvalue weighted by atomic mass is 9.90. The molecule has 0 radical (unpaired) electrons. The van der Waals surface area contributed by atoms with E-state index in [1.807, 2.05) is 38.1 Å². The highest BCUT2D eigenvalue weighted by atomic mass is 16.5. The number of hydrogen-bond acceptors (Lipinski definition) is 4. The Morgan fingerprint density at radius 2 is 1.66 bits per heavy atom. The van der Waals surface area contributed by atoms with Crippen molar-refractivity contribution < 1.29 is 29.6 Å². The van der Waals surface area contributed by atoms with Crippen LogP contribution in [0.4, 0.5) is 0 Å². The first kappa shape index (κ1) is 25.1. The summed E-state index contributed by atoms with van der Waals surface area (Å²) in [5.74, 6) is -2.31. The molecule has 0 aromatic heterocycles. The Bertz CT molecular complexity index is 972. The van der Waals surface area contributed by atoms with Gasteiger partial charge in [0.2, 0.25) is 0 Å². The van der Waals surface area contributed by atoms with Gasteiger partial charge in [0, 0.05) is 0 Å². The third-order valence-corrected chi connectivity index (χ3v) is 5.85. The average molecular weight is 441 g/mol. The molecule has 6 nitrogen and oxygen atoms in total. The molecule has 0 atom stereocenters. The van der Waals surface area contributed by atoms with Gasteiger partial charge in [0.15, 0.2) is 0 Å². The van der Waals surface area contributed by atoms with Crippen LogP contribution < -0.4 is 4.74 Å². The molecule has 32 heavy (non-hydrogen) atoms. The molecular formula is C26H32O6. The predicted molar refractivity (Wildman–Crippen MR) is 124 cm³/mol. The fourth-order valence-corrected chi connectivity index (χ4v) is 3.59. The molecule has 2 rings (SSSR count). The number of aliphatic hydroxyl groups is 1. The Morgan fingerprint density at radius 3 is 2.25 bits per heavy atom. The van der Waals surface area contributed by atoms with Crippen molar-refractivity contribution in [2.24, 2.45) is 0 Å². The van der Waals surface area contributed by atoms with E-state index < -0.39 is 17.5 Å². The molecule has 0 amide bonds. The lowest BCUT2D eigenvalue weighted by Crippen LogP contribution is -2.25. The molecule has 0 heterocycles. The molecule has 0 saturated carbocycles. The van der Waals surface area contributed by atoms with Crippen molar-refractivity contribution in [3.63, 3.8) is 0 Å². The summed E-state index contributed by atoms with van der Waals surface area (Å²) in [5.41, 5.74) is 2.00. The van der Waals surface area contributed by atoms with Crippen LogP contribution in [0.25, 0.3) is 5.57 Å². The van der Waals surface area contributed by atoms with Crippen LogP contribution in [-0.4, -0.2) is 32.9 Å². The van der Waals surface area contributed by atoms with Crippen LogP contribution in [0.3, 0.4) is 0 Å². The molecule has 6 heteroatoms. The molecule has 0 aliphatic rings. The van der Waals surface area contributed by atoms with Crippen molar-refractivity contribution in [3.8, 4) is 5.75 Å². The first-order chi connectivity index (χ1) is 15.2. The Kier molecular flexibility index (Phi) is 9.02. The fraction of sp³-hybridized carbons (Fsp3) is 0.385. The van der Waals surface area contributed by atoms with Crippen LogP contribution in [0.2, 0.25) is 0 Å². The van der Waals surface area contributed by atoms with Crippen LogP contribution >= 0.6 is 0 Å². The van der Waals surface area contributed by atoms with E-state index >= 15 is 0 Å².